The smallest absolute Gasteiger partial charge is 0.191 e. The van der Waals surface area contributed by atoms with Crippen molar-refractivity contribution in [3.05, 3.63) is 34.3 Å². The summed E-state index contributed by atoms with van der Waals surface area (Å²) in [5.74, 6) is 0.829. The predicted molar refractivity (Wildman–Crippen MR) is 95.5 cm³/mol. The molecule has 0 radical (unpaired) electrons. The van der Waals surface area contributed by atoms with E-state index >= 15 is 0 Å². The van der Waals surface area contributed by atoms with Gasteiger partial charge in [-0.05, 0) is 24.5 Å². The second kappa shape index (κ2) is 7.97. The lowest BCUT2D eigenvalue weighted by atomic mass is 9.84. The topological polar surface area (TPSA) is 45.7 Å². The Bertz CT molecular complexity index is 510. The predicted octanol–water partition coefficient (Wildman–Crippen LogP) is 3.07. The molecule has 1 saturated heterocycles. The van der Waals surface area contributed by atoms with Crippen LogP contribution < -0.4 is 10.6 Å². The van der Waals surface area contributed by atoms with Crippen LogP contribution >= 0.6 is 15.9 Å². The molecule has 122 valence electrons. The van der Waals surface area contributed by atoms with Crippen LogP contribution in [0, 0.1) is 0 Å². The Labute approximate surface area is 141 Å². The molecule has 1 aromatic carbocycles. The van der Waals surface area contributed by atoms with Gasteiger partial charge in [0.1, 0.15) is 0 Å². The lowest BCUT2D eigenvalue weighted by Gasteiger charge is -2.28. The summed E-state index contributed by atoms with van der Waals surface area (Å²) in [7, 11) is 1.80. The molecular formula is C17H26BrN3O. The number of hydrogen-bond donors (Lipinski definition) is 2. The highest BCUT2D eigenvalue weighted by Crippen LogP contribution is 2.29. The van der Waals surface area contributed by atoms with Gasteiger partial charge in [0.05, 0.1) is 6.10 Å². The maximum absolute atomic E-state index is 5.63. The number of ether oxygens (including phenoxy) is 1. The minimum absolute atomic E-state index is 0.00156. The average Bonchev–Trinajstić information content (AvgIpc) is 3.01. The van der Waals surface area contributed by atoms with E-state index in [9.17, 15) is 0 Å². The molecular weight excluding hydrogens is 342 g/mol. The average molecular weight is 368 g/mol. The maximum atomic E-state index is 5.63. The molecule has 2 rings (SSSR count). The first-order valence-electron chi connectivity index (χ1n) is 7.84. The molecule has 1 atom stereocenters. The summed E-state index contributed by atoms with van der Waals surface area (Å²) in [6.45, 7) is 6.96. The van der Waals surface area contributed by atoms with Gasteiger partial charge < -0.3 is 15.4 Å². The SMILES string of the molecule is CN=C(NCC1CCCO1)NCC(C)(C)c1ccccc1Br. The van der Waals surface area contributed by atoms with E-state index in [2.05, 4.69) is 63.6 Å². The second-order valence-electron chi connectivity index (χ2n) is 6.31. The zero-order chi connectivity index (χ0) is 16.0. The molecule has 1 aromatic rings. The third-order valence-electron chi connectivity index (χ3n) is 4.05. The molecule has 1 fully saturated rings. The lowest BCUT2D eigenvalue weighted by Crippen LogP contribution is -2.45. The highest BCUT2D eigenvalue weighted by atomic mass is 79.9. The van der Waals surface area contributed by atoms with Crippen molar-refractivity contribution < 1.29 is 4.74 Å². The minimum Gasteiger partial charge on any atom is -0.376 e. The van der Waals surface area contributed by atoms with Crippen LogP contribution in [0.1, 0.15) is 32.3 Å². The number of rotatable bonds is 5. The highest BCUT2D eigenvalue weighted by Gasteiger charge is 2.23. The fourth-order valence-corrected chi connectivity index (χ4v) is 3.47. The molecule has 1 unspecified atom stereocenters. The van der Waals surface area contributed by atoms with Crippen LogP contribution in [-0.4, -0.2) is 38.8 Å². The van der Waals surface area contributed by atoms with Gasteiger partial charge in [-0.25, -0.2) is 0 Å². The summed E-state index contributed by atoms with van der Waals surface area (Å²) < 4.78 is 6.77. The maximum Gasteiger partial charge on any atom is 0.191 e. The molecule has 22 heavy (non-hydrogen) atoms. The summed E-state index contributed by atoms with van der Waals surface area (Å²) >= 11 is 3.64. The summed E-state index contributed by atoms with van der Waals surface area (Å²) in [6, 6.07) is 8.36. The van der Waals surface area contributed by atoms with Crippen molar-refractivity contribution in [1.29, 1.82) is 0 Å². The first-order valence-corrected chi connectivity index (χ1v) is 8.63. The number of halogens is 1. The van der Waals surface area contributed by atoms with Gasteiger partial charge >= 0.3 is 0 Å². The molecule has 1 aliphatic heterocycles. The summed E-state index contributed by atoms with van der Waals surface area (Å²) in [5, 5.41) is 6.77. The second-order valence-corrected chi connectivity index (χ2v) is 7.16. The largest absolute Gasteiger partial charge is 0.376 e. The van der Waals surface area contributed by atoms with Gasteiger partial charge in [0.25, 0.3) is 0 Å². The van der Waals surface area contributed by atoms with Crippen molar-refractivity contribution in [2.75, 3.05) is 26.7 Å². The van der Waals surface area contributed by atoms with E-state index in [1.165, 1.54) is 5.56 Å². The molecule has 1 heterocycles. The Morgan fingerprint density at radius 1 is 1.36 bits per heavy atom. The molecule has 2 N–H and O–H groups in total. The number of nitrogens with one attached hydrogen (secondary N) is 2. The van der Waals surface area contributed by atoms with Crippen molar-refractivity contribution in [2.24, 2.45) is 4.99 Å². The molecule has 0 aromatic heterocycles. The van der Waals surface area contributed by atoms with E-state index in [0.717, 1.165) is 43.0 Å². The van der Waals surface area contributed by atoms with E-state index < -0.39 is 0 Å². The lowest BCUT2D eigenvalue weighted by molar-refractivity contribution is 0.114. The Kier molecular flexibility index (Phi) is 6.26. The standard InChI is InChI=1S/C17H26BrN3O/c1-17(2,14-8-4-5-9-15(14)18)12-21-16(19-3)20-11-13-7-6-10-22-13/h4-5,8-9,13H,6-7,10-12H2,1-3H3,(H2,19,20,21). The van der Waals surface area contributed by atoms with Crippen molar-refractivity contribution in [3.8, 4) is 0 Å². The fraction of sp³-hybridized carbons (Fsp3) is 0.588. The molecule has 0 bridgehead atoms. The van der Waals surface area contributed by atoms with Gasteiger partial charge in [-0.15, -0.1) is 0 Å². The van der Waals surface area contributed by atoms with Crippen LogP contribution in [0.15, 0.2) is 33.7 Å². The molecule has 5 heteroatoms. The van der Waals surface area contributed by atoms with Gasteiger partial charge in [0.15, 0.2) is 5.96 Å². The Morgan fingerprint density at radius 3 is 2.77 bits per heavy atom. The third-order valence-corrected chi connectivity index (χ3v) is 4.74. The van der Waals surface area contributed by atoms with Gasteiger partial charge in [0.2, 0.25) is 0 Å². The van der Waals surface area contributed by atoms with Gasteiger partial charge in [-0.2, -0.15) is 0 Å². The number of benzene rings is 1. The molecule has 0 spiro atoms. The first kappa shape index (κ1) is 17.3. The van der Waals surface area contributed by atoms with Gasteiger partial charge in [0, 0.05) is 36.6 Å². The number of hydrogen-bond acceptors (Lipinski definition) is 2. The third kappa shape index (κ3) is 4.71. The van der Waals surface area contributed by atoms with Crippen LogP contribution in [0.4, 0.5) is 0 Å². The van der Waals surface area contributed by atoms with Crippen LogP contribution in [0.5, 0.6) is 0 Å². The normalized spacial score (nSPS) is 19.3. The van der Waals surface area contributed by atoms with E-state index in [1.54, 1.807) is 7.05 Å². The number of aliphatic imine (C=N–C) groups is 1. The van der Waals surface area contributed by atoms with E-state index in [4.69, 9.17) is 4.74 Å². The zero-order valence-corrected chi connectivity index (χ0v) is 15.2. The van der Waals surface area contributed by atoms with E-state index in [1.807, 2.05) is 6.07 Å². The monoisotopic (exact) mass is 367 g/mol. The molecule has 0 amide bonds. The number of guanidine groups is 1. The van der Waals surface area contributed by atoms with Crippen molar-refractivity contribution in [3.63, 3.8) is 0 Å². The Balaban J connectivity index is 1.87. The summed E-state index contributed by atoms with van der Waals surface area (Å²) in [5.41, 5.74) is 1.29. The van der Waals surface area contributed by atoms with Crippen molar-refractivity contribution in [1.82, 2.24) is 10.6 Å². The van der Waals surface area contributed by atoms with Crippen LogP contribution in [0.25, 0.3) is 0 Å². The summed E-state index contributed by atoms with van der Waals surface area (Å²) in [6.07, 6.45) is 2.61. The zero-order valence-electron chi connectivity index (χ0n) is 13.7. The highest BCUT2D eigenvalue weighted by molar-refractivity contribution is 9.10. The van der Waals surface area contributed by atoms with E-state index in [-0.39, 0.29) is 5.41 Å². The fourth-order valence-electron chi connectivity index (χ4n) is 2.65. The Hall–Kier alpha value is -1.07. The van der Waals surface area contributed by atoms with Crippen LogP contribution in [-0.2, 0) is 10.2 Å². The van der Waals surface area contributed by atoms with E-state index in [0.29, 0.717) is 6.10 Å². The quantitative estimate of drug-likeness (QED) is 0.620. The minimum atomic E-state index is 0.00156. The number of nitrogens with zero attached hydrogens (tertiary/aromatic N) is 1. The van der Waals surface area contributed by atoms with Crippen molar-refractivity contribution in [2.45, 2.75) is 38.2 Å². The van der Waals surface area contributed by atoms with Crippen LogP contribution in [0.3, 0.4) is 0 Å². The molecule has 4 nitrogen and oxygen atoms in total. The van der Waals surface area contributed by atoms with Gasteiger partial charge in [-0.1, -0.05) is 48.0 Å². The molecule has 0 saturated carbocycles. The van der Waals surface area contributed by atoms with Gasteiger partial charge in [-0.3, -0.25) is 4.99 Å². The summed E-state index contributed by atoms with van der Waals surface area (Å²) in [4.78, 5) is 4.30. The molecule has 1 aliphatic rings. The molecule has 0 aliphatic carbocycles. The first-order chi connectivity index (χ1) is 10.5. The Morgan fingerprint density at radius 2 is 2.14 bits per heavy atom. The van der Waals surface area contributed by atoms with Crippen molar-refractivity contribution >= 4 is 21.9 Å². The van der Waals surface area contributed by atoms with Crippen LogP contribution in [0.2, 0.25) is 0 Å².